The van der Waals surface area contributed by atoms with Crippen molar-refractivity contribution in [3.63, 3.8) is 0 Å². The predicted molar refractivity (Wildman–Crippen MR) is 80.9 cm³/mol. The molecule has 3 nitrogen and oxygen atoms in total. The number of ether oxygens (including phenoxy) is 1. The van der Waals surface area contributed by atoms with Crippen molar-refractivity contribution in [3.8, 4) is 0 Å². The highest BCUT2D eigenvalue weighted by molar-refractivity contribution is 5.47. The highest BCUT2D eigenvalue weighted by Gasteiger charge is 2.18. The van der Waals surface area contributed by atoms with E-state index in [2.05, 4.69) is 55.4 Å². The van der Waals surface area contributed by atoms with Gasteiger partial charge in [0.2, 0.25) is 0 Å². The molecular weight excluding hydrogens is 236 g/mol. The van der Waals surface area contributed by atoms with Crippen molar-refractivity contribution in [2.75, 3.05) is 31.7 Å². The zero-order valence-electron chi connectivity index (χ0n) is 12.4. The van der Waals surface area contributed by atoms with Crippen LogP contribution in [0.3, 0.4) is 0 Å². The maximum atomic E-state index is 5.52. The van der Waals surface area contributed by atoms with Gasteiger partial charge in [-0.05, 0) is 37.5 Å². The zero-order chi connectivity index (χ0) is 13.7. The van der Waals surface area contributed by atoms with Crippen LogP contribution in [0.4, 0.5) is 5.69 Å². The van der Waals surface area contributed by atoms with Crippen LogP contribution in [0.5, 0.6) is 0 Å². The van der Waals surface area contributed by atoms with Crippen LogP contribution in [0, 0.1) is 0 Å². The molecule has 1 aromatic carbocycles. The summed E-state index contributed by atoms with van der Waals surface area (Å²) in [7, 11) is 2.18. The van der Waals surface area contributed by atoms with Crippen molar-refractivity contribution in [2.45, 2.75) is 38.8 Å². The molecule has 1 heterocycles. The van der Waals surface area contributed by atoms with Crippen LogP contribution in [0.15, 0.2) is 24.3 Å². The second-order valence-corrected chi connectivity index (χ2v) is 5.44. The van der Waals surface area contributed by atoms with Gasteiger partial charge in [0.05, 0.1) is 13.2 Å². The van der Waals surface area contributed by atoms with Crippen molar-refractivity contribution >= 4 is 5.69 Å². The van der Waals surface area contributed by atoms with Crippen molar-refractivity contribution < 1.29 is 4.74 Å². The number of morpholine rings is 1. The number of benzene rings is 1. The molecule has 0 aromatic heterocycles. The fraction of sp³-hybridized carbons (Fsp3) is 0.625. The molecule has 1 N–H and O–H groups in total. The molecule has 0 bridgehead atoms. The molecule has 1 aliphatic heterocycles. The molecule has 106 valence electrons. The second kappa shape index (κ2) is 6.92. The third-order valence-corrected chi connectivity index (χ3v) is 4.04. The van der Waals surface area contributed by atoms with Crippen LogP contribution in [-0.2, 0) is 11.2 Å². The minimum absolute atomic E-state index is 0.487. The maximum Gasteiger partial charge on any atom is 0.0621 e. The van der Waals surface area contributed by atoms with Crippen LogP contribution in [0.2, 0.25) is 0 Å². The Balaban J connectivity index is 1.91. The van der Waals surface area contributed by atoms with Crippen LogP contribution in [0.25, 0.3) is 0 Å². The number of aryl methyl sites for hydroxylation is 1. The summed E-state index contributed by atoms with van der Waals surface area (Å²) < 4.78 is 5.52. The number of nitrogens with one attached hydrogen (secondary N) is 1. The molecule has 0 amide bonds. The number of hydrogen-bond acceptors (Lipinski definition) is 3. The summed E-state index contributed by atoms with van der Waals surface area (Å²) in [4.78, 5) is 2.36. The summed E-state index contributed by atoms with van der Waals surface area (Å²) >= 11 is 0. The molecular formula is C16H26N2O. The summed E-state index contributed by atoms with van der Waals surface area (Å²) in [6.07, 6.45) is 2.22. The van der Waals surface area contributed by atoms with Crippen LogP contribution in [0.1, 0.15) is 25.8 Å². The summed E-state index contributed by atoms with van der Waals surface area (Å²) in [5.74, 6) is 0. The quantitative estimate of drug-likeness (QED) is 0.882. The standard InChI is InChI=1S/C16H26N2O/c1-4-14-5-7-16(8-6-14)18(3)13(2)11-15-12-19-10-9-17-15/h5-8,13,15,17H,4,9-12H2,1-3H3. The van der Waals surface area contributed by atoms with E-state index in [0.717, 1.165) is 32.6 Å². The largest absolute Gasteiger partial charge is 0.379 e. The first kappa shape index (κ1) is 14.4. The average Bonchev–Trinajstić information content (AvgIpc) is 2.47. The molecule has 1 aromatic rings. The first-order valence-electron chi connectivity index (χ1n) is 7.33. The SMILES string of the molecule is CCc1ccc(N(C)C(C)CC2COCCN2)cc1. The summed E-state index contributed by atoms with van der Waals surface area (Å²) in [5.41, 5.74) is 2.69. The molecule has 2 atom stereocenters. The van der Waals surface area contributed by atoms with E-state index >= 15 is 0 Å². The average molecular weight is 262 g/mol. The van der Waals surface area contributed by atoms with E-state index < -0.39 is 0 Å². The number of anilines is 1. The Morgan fingerprint density at radius 3 is 2.68 bits per heavy atom. The van der Waals surface area contributed by atoms with Gasteiger partial charge in [-0.1, -0.05) is 19.1 Å². The van der Waals surface area contributed by atoms with Gasteiger partial charge in [0.15, 0.2) is 0 Å². The van der Waals surface area contributed by atoms with E-state index in [-0.39, 0.29) is 0 Å². The molecule has 0 radical (unpaired) electrons. The lowest BCUT2D eigenvalue weighted by Crippen LogP contribution is -2.45. The van der Waals surface area contributed by atoms with Crippen LogP contribution >= 0.6 is 0 Å². The lowest BCUT2D eigenvalue weighted by Gasteiger charge is -2.32. The molecule has 19 heavy (non-hydrogen) atoms. The van der Waals surface area contributed by atoms with E-state index in [1.807, 2.05) is 0 Å². The fourth-order valence-corrected chi connectivity index (χ4v) is 2.56. The second-order valence-electron chi connectivity index (χ2n) is 5.44. The van der Waals surface area contributed by atoms with E-state index in [1.54, 1.807) is 0 Å². The molecule has 1 saturated heterocycles. The molecule has 3 heteroatoms. The lowest BCUT2D eigenvalue weighted by molar-refractivity contribution is 0.0724. The lowest BCUT2D eigenvalue weighted by atomic mass is 10.1. The van der Waals surface area contributed by atoms with E-state index in [0.29, 0.717) is 12.1 Å². The fourth-order valence-electron chi connectivity index (χ4n) is 2.56. The van der Waals surface area contributed by atoms with Gasteiger partial charge in [-0.3, -0.25) is 0 Å². The highest BCUT2D eigenvalue weighted by Crippen LogP contribution is 2.19. The zero-order valence-corrected chi connectivity index (χ0v) is 12.4. The topological polar surface area (TPSA) is 24.5 Å². The molecule has 1 aliphatic rings. The van der Waals surface area contributed by atoms with Gasteiger partial charge in [-0.25, -0.2) is 0 Å². The normalized spacial score (nSPS) is 21.1. The van der Waals surface area contributed by atoms with E-state index in [1.165, 1.54) is 11.3 Å². The van der Waals surface area contributed by atoms with Gasteiger partial charge in [-0.2, -0.15) is 0 Å². The number of rotatable bonds is 5. The van der Waals surface area contributed by atoms with Gasteiger partial charge in [0, 0.05) is 31.4 Å². The predicted octanol–water partition coefficient (Wildman–Crippen LogP) is 2.45. The Hall–Kier alpha value is -1.06. The summed E-state index contributed by atoms with van der Waals surface area (Å²) in [6.45, 7) is 7.14. The molecule has 0 saturated carbocycles. The first-order valence-corrected chi connectivity index (χ1v) is 7.33. The monoisotopic (exact) mass is 262 g/mol. The van der Waals surface area contributed by atoms with Crippen molar-refractivity contribution in [2.24, 2.45) is 0 Å². The Kier molecular flexibility index (Phi) is 5.23. The molecule has 1 fully saturated rings. The third kappa shape index (κ3) is 3.95. The smallest absolute Gasteiger partial charge is 0.0621 e. The van der Waals surface area contributed by atoms with Crippen molar-refractivity contribution in [1.82, 2.24) is 5.32 Å². The first-order chi connectivity index (χ1) is 9.20. The Labute approximate surface area is 116 Å². The van der Waals surface area contributed by atoms with Gasteiger partial charge < -0.3 is 15.0 Å². The Bertz CT molecular complexity index is 371. The summed E-state index contributed by atoms with van der Waals surface area (Å²) in [5, 5.41) is 3.52. The van der Waals surface area contributed by atoms with Gasteiger partial charge in [-0.15, -0.1) is 0 Å². The Morgan fingerprint density at radius 2 is 2.11 bits per heavy atom. The minimum Gasteiger partial charge on any atom is -0.379 e. The molecule has 2 rings (SSSR count). The van der Waals surface area contributed by atoms with Gasteiger partial charge in [0.1, 0.15) is 0 Å². The Morgan fingerprint density at radius 1 is 1.37 bits per heavy atom. The van der Waals surface area contributed by atoms with Gasteiger partial charge in [0.25, 0.3) is 0 Å². The van der Waals surface area contributed by atoms with Crippen LogP contribution in [-0.4, -0.2) is 38.9 Å². The maximum absolute atomic E-state index is 5.52. The molecule has 2 unspecified atom stereocenters. The van der Waals surface area contributed by atoms with Crippen molar-refractivity contribution in [1.29, 1.82) is 0 Å². The van der Waals surface area contributed by atoms with Gasteiger partial charge >= 0.3 is 0 Å². The number of nitrogens with zero attached hydrogens (tertiary/aromatic N) is 1. The van der Waals surface area contributed by atoms with Crippen LogP contribution < -0.4 is 10.2 Å². The van der Waals surface area contributed by atoms with Crippen molar-refractivity contribution in [3.05, 3.63) is 29.8 Å². The molecule has 0 aliphatic carbocycles. The van der Waals surface area contributed by atoms with E-state index in [4.69, 9.17) is 4.74 Å². The minimum atomic E-state index is 0.487. The number of hydrogen-bond donors (Lipinski definition) is 1. The molecule has 0 spiro atoms. The third-order valence-electron chi connectivity index (χ3n) is 4.04. The summed E-state index contributed by atoms with van der Waals surface area (Å²) in [6, 6.07) is 9.88. The van der Waals surface area contributed by atoms with E-state index in [9.17, 15) is 0 Å². The highest BCUT2D eigenvalue weighted by atomic mass is 16.5.